The van der Waals surface area contributed by atoms with Gasteiger partial charge in [-0.1, -0.05) is 50.1 Å². The second-order valence-electron chi connectivity index (χ2n) is 7.07. The molecular formula is C21H31N3O2. The van der Waals surface area contributed by atoms with Gasteiger partial charge >= 0.3 is 0 Å². The predicted molar refractivity (Wildman–Crippen MR) is 105 cm³/mol. The van der Waals surface area contributed by atoms with E-state index in [1.54, 1.807) is 0 Å². The number of nitrogens with zero attached hydrogens (tertiary/aromatic N) is 3. The van der Waals surface area contributed by atoms with Crippen LogP contribution in [0.1, 0.15) is 64.9 Å². The van der Waals surface area contributed by atoms with Crippen molar-refractivity contribution in [2.75, 3.05) is 13.1 Å². The van der Waals surface area contributed by atoms with Crippen LogP contribution in [0.15, 0.2) is 35.4 Å². The summed E-state index contributed by atoms with van der Waals surface area (Å²) in [7, 11) is 0. The number of rotatable bonds is 9. The summed E-state index contributed by atoms with van der Waals surface area (Å²) in [5.41, 5.74) is 1.99. The van der Waals surface area contributed by atoms with Gasteiger partial charge in [0.2, 0.25) is 11.8 Å². The Balaban J connectivity index is 1.85. The van der Waals surface area contributed by atoms with Gasteiger partial charge in [0, 0.05) is 31.8 Å². The Kier molecular flexibility index (Phi) is 7.82. The highest BCUT2D eigenvalue weighted by Crippen LogP contribution is 2.15. The highest BCUT2D eigenvalue weighted by molar-refractivity contribution is 6.02. The van der Waals surface area contributed by atoms with Gasteiger partial charge in [-0.05, 0) is 25.8 Å². The molecule has 0 radical (unpaired) electrons. The van der Waals surface area contributed by atoms with Gasteiger partial charge in [-0.15, -0.1) is 0 Å². The minimum Gasteiger partial charge on any atom is -0.340 e. The molecule has 5 heteroatoms. The van der Waals surface area contributed by atoms with Crippen LogP contribution in [0, 0.1) is 0 Å². The molecule has 142 valence electrons. The topological polar surface area (TPSA) is 53.0 Å². The zero-order valence-corrected chi connectivity index (χ0v) is 16.3. The van der Waals surface area contributed by atoms with E-state index >= 15 is 0 Å². The van der Waals surface area contributed by atoms with Crippen molar-refractivity contribution in [1.29, 1.82) is 0 Å². The first kappa shape index (κ1) is 20.1. The van der Waals surface area contributed by atoms with Gasteiger partial charge in [0.15, 0.2) is 0 Å². The highest BCUT2D eigenvalue weighted by atomic mass is 16.2. The largest absolute Gasteiger partial charge is 0.340 e. The summed E-state index contributed by atoms with van der Waals surface area (Å²) in [5, 5.41) is 5.97. The minimum atomic E-state index is -0.0680. The van der Waals surface area contributed by atoms with Crippen molar-refractivity contribution in [2.24, 2.45) is 5.10 Å². The first-order valence-corrected chi connectivity index (χ1v) is 9.75. The first-order valence-electron chi connectivity index (χ1n) is 9.75. The Hall–Kier alpha value is -2.17. The van der Waals surface area contributed by atoms with Gasteiger partial charge in [0.25, 0.3) is 0 Å². The van der Waals surface area contributed by atoms with Crippen LogP contribution in [0.25, 0.3) is 0 Å². The third-order valence-electron chi connectivity index (χ3n) is 4.70. The molecule has 1 aromatic rings. The van der Waals surface area contributed by atoms with Gasteiger partial charge in [0.05, 0.1) is 12.3 Å². The van der Waals surface area contributed by atoms with Crippen molar-refractivity contribution in [3.63, 3.8) is 0 Å². The lowest BCUT2D eigenvalue weighted by Crippen LogP contribution is -2.38. The second kappa shape index (κ2) is 10.1. The van der Waals surface area contributed by atoms with E-state index in [1.807, 2.05) is 49.1 Å². The van der Waals surface area contributed by atoms with Crippen LogP contribution < -0.4 is 0 Å². The summed E-state index contributed by atoms with van der Waals surface area (Å²) in [5.74, 6) is -0.00235. The molecule has 1 heterocycles. The monoisotopic (exact) mass is 357 g/mol. The standard InChI is InChI=1S/C21H31N3O2/c1-4-5-9-15-23(17(2)3)20(25)12-13-21(26)24-16-14-19(22-24)18-10-7-6-8-11-18/h6-8,10-11,17H,4-5,9,12-16H2,1-3H3. The van der Waals surface area contributed by atoms with E-state index in [0.29, 0.717) is 6.54 Å². The van der Waals surface area contributed by atoms with E-state index in [2.05, 4.69) is 12.0 Å². The summed E-state index contributed by atoms with van der Waals surface area (Å²) < 4.78 is 0. The predicted octanol–water partition coefficient (Wildman–Crippen LogP) is 3.83. The zero-order chi connectivity index (χ0) is 18.9. The molecule has 2 amide bonds. The Morgan fingerprint density at radius 1 is 1.15 bits per heavy atom. The summed E-state index contributed by atoms with van der Waals surface area (Å²) in [4.78, 5) is 26.8. The third kappa shape index (κ3) is 5.68. The Labute approximate surface area is 157 Å². The normalized spacial score (nSPS) is 13.8. The van der Waals surface area contributed by atoms with Crippen molar-refractivity contribution in [1.82, 2.24) is 9.91 Å². The summed E-state index contributed by atoms with van der Waals surface area (Å²) in [6.07, 6.45) is 4.52. The molecular weight excluding hydrogens is 326 g/mol. The van der Waals surface area contributed by atoms with Crippen LogP contribution in [-0.2, 0) is 9.59 Å². The number of unbranched alkanes of at least 4 members (excludes halogenated alkanes) is 2. The molecule has 0 N–H and O–H groups in total. The number of hydrazone groups is 1. The number of benzene rings is 1. The van der Waals surface area contributed by atoms with E-state index in [1.165, 1.54) is 5.01 Å². The second-order valence-corrected chi connectivity index (χ2v) is 7.07. The van der Waals surface area contributed by atoms with Gasteiger partial charge in [-0.25, -0.2) is 5.01 Å². The van der Waals surface area contributed by atoms with Gasteiger partial charge in [0.1, 0.15) is 0 Å². The first-order chi connectivity index (χ1) is 12.5. The molecule has 0 unspecified atom stereocenters. The lowest BCUT2D eigenvalue weighted by atomic mass is 10.1. The Morgan fingerprint density at radius 2 is 1.88 bits per heavy atom. The molecule has 0 aromatic heterocycles. The molecule has 0 bridgehead atoms. The summed E-state index contributed by atoms with van der Waals surface area (Å²) >= 11 is 0. The molecule has 2 rings (SSSR count). The van der Waals surface area contributed by atoms with Crippen LogP contribution in [0.5, 0.6) is 0 Å². The van der Waals surface area contributed by atoms with Crippen molar-refractivity contribution in [3.8, 4) is 0 Å². The van der Waals surface area contributed by atoms with Crippen LogP contribution >= 0.6 is 0 Å². The summed E-state index contributed by atoms with van der Waals surface area (Å²) in [6, 6.07) is 10.1. The summed E-state index contributed by atoms with van der Waals surface area (Å²) in [6.45, 7) is 7.59. The molecule has 26 heavy (non-hydrogen) atoms. The fraction of sp³-hybridized carbons (Fsp3) is 0.571. The van der Waals surface area contributed by atoms with Gasteiger partial charge in [-0.3, -0.25) is 9.59 Å². The smallest absolute Gasteiger partial charge is 0.243 e. The number of hydrogen-bond acceptors (Lipinski definition) is 3. The van der Waals surface area contributed by atoms with E-state index in [9.17, 15) is 9.59 Å². The maximum Gasteiger partial charge on any atom is 0.243 e. The van der Waals surface area contributed by atoms with Crippen LogP contribution in [0.2, 0.25) is 0 Å². The quantitative estimate of drug-likeness (QED) is 0.631. The van der Waals surface area contributed by atoms with E-state index in [0.717, 1.165) is 43.5 Å². The maximum atomic E-state index is 12.5. The molecule has 0 saturated heterocycles. The number of carbonyl (C=O) groups excluding carboxylic acids is 2. The lowest BCUT2D eigenvalue weighted by Gasteiger charge is -2.27. The molecule has 0 atom stereocenters. The number of carbonyl (C=O) groups is 2. The van der Waals surface area contributed by atoms with Crippen molar-refractivity contribution in [2.45, 2.75) is 65.3 Å². The molecule has 1 aliphatic heterocycles. The Bertz CT molecular complexity index is 625. The maximum absolute atomic E-state index is 12.5. The average molecular weight is 357 g/mol. The average Bonchev–Trinajstić information content (AvgIpc) is 3.14. The van der Waals surface area contributed by atoms with Gasteiger partial charge in [-0.2, -0.15) is 5.10 Å². The molecule has 0 saturated carbocycles. The molecule has 1 aromatic carbocycles. The Morgan fingerprint density at radius 3 is 2.54 bits per heavy atom. The highest BCUT2D eigenvalue weighted by Gasteiger charge is 2.23. The SMILES string of the molecule is CCCCCN(C(=O)CCC(=O)N1CCC(c2ccccc2)=N1)C(C)C. The van der Waals surface area contributed by atoms with Crippen LogP contribution in [0.3, 0.4) is 0 Å². The fourth-order valence-electron chi connectivity index (χ4n) is 3.16. The number of amides is 2. The van der Waals surface area contributed by atoms with Gasteiger partial charge < -0.3 is 4.90 Å². The van der Waals surface area contributed by atoms with Crippen molar-refractivity contribution >= 4 is 17.5 Å². The fourth-order valence-corrected chi connectivity index (χ4v) is 3.16. The molecule has 1 aliphatic rings. The van der Waals surface area contributed by atoms with Crippen LogP contribution in [0.4, 0.5) is 0 Å². The molecule has 5 nitrogen and oxygen atoms in total. The van der Waals surface area contributed by atoms with E-state index in [4.69, 9.17) is 0 Å². The van der Waals surface area contributed by atoms with E-state index in [-0.39, 0.29) is 30.7 Å². The lowest BCUT2D eigenvalue weighted by molar-refractivity contribution is -0.137. The van der Waals surface area contributed by atoms with E-state index < -0.39 is 0 Å². The molecule has 0 spiro atoms. The van der Waals surface area contributed by atoms with Crippen molar-refractivity contribution in [3.05, 3.63) is 35.9 Å². The third-order valence-corrected chi connectivity index (χ3v) is 4.70. The molecule has 0 fully saturated rings. The number of hydrogen-bond donors (Lipinski definition) is 0. The zero-order valence-electron chi connectivity index (χ0n) is 16.3. The van der Waals surface area contributed by atoms with Crippen molar-refractivity contribution < 1.29 is 9.59 Å². The van der Waals surface area contributed by atoms with Crippen LogP contribution in [-0.4, -0.2) is 46.6 Å². The minimum absolute atomic E-state index is 0.0657. The molecule has 0 aliphatic carbocycles.